The van der Waals surface area contributed by atoms with E-state index in [2.05, 4.69) is 55.6 Å². The lowest BCUT2D eigenvalue weighted by atomic mass is 10.1. The molecule has 0 saturated heterocycles. The summed E-state index contributed by atoms with van der Waals surface area (Å²) < 4.78 is 11.3. The molecule has 0 aromatic heterocycles. The molecule has 2 rings (SSSR count). The van der Waals surface area contributed by atoms with Crippen LogP contribution in [-0.2, 0) is 6.54 Å². The first-order valence-electron chi connectivity index (χ1n) is 8.82. The quantitative estimate of drug-likeness (QED) is 0.615. The van der Waals surface area contributed by atoms with Crippen LogP contribution in [0.5, 0.6) is 11.5 Å². The van der Waals surface area contributed by atoms with Gasteiger partial charge in [-0.15, -0.1) is 0 Å². The molecule has 3 heteroatoms. The van der Waals surface area contributed by atoms with Crippen molar-refractivity contribution in [2.75, 3.05) is 13.7 Å². The topological polar surface area (TPSA) is 30.5 Å². The van der Waals surface area contributed by atoms with Crippen molar-refractivity contribution in [1.82, 2.24) is 5.32 Å². The molecule has 1 atom stereocenters. The SMILES string of the molecule is CCCCCOc1ccc(CNC(C)c2ccccc2)cc1OC. The maximum Gasteiger partial charge on any atom is 0.161 e. The van der Waals surface area contributed by atoms with Crippen molar-refractivity contribution in [3.8, 4) is 11.5 Å². The minimum atomic E-state index is 0.308. The van der Waals surface area contributed by atoms with Crippen LogP contribution >= 0.6 is 0 Å². The van der Waals surface area contributed by atoms with Gasteiger partial charge in [-0.1, -0.05) is 56.2 Å². The van der Waals surface area contributed by atoms with E-state index < -0.39 is 0 Å². The van der Waals surface area contributed by atoms with Crippen molar-refractivity contribution < 1.29 is 9.47 Å². The van der Waals surface area contributed by atoms with Crippen molar-refractivity contribution in [3.63, 3.8) is 0 Å². The van der Waals surface area contributed by atoms with Gasteiger partial charge in [-0.05, 0) is 36.6 Å². The fourth-order valence-electron chi connectivity index (χ4n) is 2.61. The molecule has 0 bridgehead atoms. The second-order valence-electron chi connectivity index (χ2n) is 6.05. The summed E-state index contributed by atoms with van der Waals surface area (Å²) in [5, 5.41) is 3.55. The zero-order chi connectivity index (χ0) is 17.2. The van der Waals surface area contributed by atoms with Gasteiger partial charge < -0.3 is 14.8 Å². The first kappa shape index (κ1) is 18.3. The van der Waals surface area contributed by atoms with Crippen molar-refractivity contribution in [3.05, 3.63) is 59.7 Å². The molecule has 3 nitrogen and oxygen atoms in total. The highest BCUT2D eigenvalue weighted by Crippen LogP contribution is 2.28. The molecule has 24 heavy (non-hydrogen) atoms. The number of unbranched alkanes of at least 4 members (excludes halogenated alkanes) is 2. The molecule has 0 amide bonds. The minimum Gasteiger partial charge on any atom is -0.493 e. The Hall–Kier alpha value is -2.00. The maximum absolute atomic E-state index is 5.83. The van der Waals surface area contributed by atoms with Crippen LogP contribution in [0.2, 0.25) is 0 Å². The summed E-state index contributed by atoms with van der Waals surface area (Å²) in [6, 6.07) is 16.9. The van der Waals surface area contributed by atoms with Gasteiger partial charge >= 0.3 is 0 Å². The number of rotatable bonds is 10. The van der Waals surface area contributed by atoms with Gasteiger partial charge in [0.25, 0.3) is 0 Å². The Labute approximate surface area is 146 Å². The van der Waals surface area contributed by atoms with Crippen LogP contribution in [-0.4, -0.2) is 13.7 Å². The van der Waals surface area contributed by atoms with Gasteiger partial charge in [0.15, 0.2) is 11.5 Å². The Balaban J connectivity index is 1.91. The van der Waals surface area contributed by atoms with Gasteiger partial charge in [0.05, 0.1) is 13.7 Å². The van der Waals surface area contributed by atoms with Crippen LogP contribution in [0.15, 0.2) is 48.5 Å². The maximum atomic E-state index is 5.83. The number of hydrogen-bond acceptors (Lipinski definition) is 3. The average molecular weight is 327 g/mol. The largest absolute Gasteiger partial charge is 0.493 e. The second kappa shape index (κ2) is 9.99. The van der Waals surface area contributed by atoms with Crippen LogP contribution in [0, 0.1) is 0 Å². The van der Waals surface area contributed by atoms with Crippen molar-refractivity contribution in [2.45, 2.75) is 45.7 Å². The first-order valence-corrected chi connectivity index (χ1v) is 8.82. The highest BCUT2D eigenvalue weighted by molar-refractivity contribution is 5.43. The van der Waals surface area contributed by atoms with E-state index in [1.165, 1.54) is 24.0 Å². The molecule has 2 aromatic rings. The highest BCUT2D eigenvalue weighted by atomic mass is 16.5. The summed E-state index contributed by atoms with van der Waals surface area (Å²) in [6.45, 7) is 5.91. The van der Waals surface area contributed by atoms with Crippen LogP contribution in [0.3, 0.4) is 0 Å². The van der Waals surface area contributed by atoms with E-state index in [1.54, 1.807) is 7.11 Å². The third-order valence-corrected chi connectivity index (χ3v) is 4.15. The molecule has 1 unspecified atom stereocenters. The smallest absolute Gasteiger partial charge is 0.161 e. The number of hydrogen-bond donors (Lipinski definition) is 1. The molecule has 1 N–H and O–H groups in total. The predicted molar refractivity (Wildman–Crippen MR) is 99.7 cm³/mol. The van der Waals surface area contributed by atoms with Crippen molar-refractivity contribution in [2.24, 2.45) is 0 Å². The molecule has 0 spiro atoms. The van der Waals surface area contributed by atoms with Gasteiger partial charge in [-0.25, -0.2) is 0 Å². The van der Waals surface area contributed by atoms with Crippen molar-refractivity contribution in [1.29, 1.82) is 0 Å². The van der Waals surface area contributed by atoms with Crippen LogP contribution in [0.4, 0.5) is 0 Å². The third kappa shape index (κ3) is 5.57. The molecule has 0 saturated carbocycles. The van der Waals surface area contributed by atoms with E-state index in [4.69, 9.17) is 9.47 Å². The fourth-order valence-corrected chi connectivity index (χ4v) is 2.61. The molecule has 0 aliphatic heterocycles. The predicted octanol–water partition coefficient (Wildman–Crippen LogP) is 5.12. The highest BCUT2D eigenvalue weighted by Gasteiger charge is 2.08. The standard InChI is InChI=1S/C21H29NO2/c1-4-5-9-14-24-20-13-12-18(15-21(20)23-3)16-22-17(2)19-10-7-6-8-11-19/h6-8,10-13,15,17,22H,4-5,9,14,16H2,1-3H3. The normalized spacial score (nSPS) is 12.0. The number of nitrogens with one attached hydrogen (secondary N) is 1. The van der Waals surface area contributed by atoms with E-state index in [0.717, 1.165) is 31.1 Å². The van der Waals surface area contributed by atoms with Gasteiger partial charge in [0, 0.05) is 12.6 Å². The summed E-state index contributed by atoms with van der Waals surface area (Å²) in [4.78, 5) is 0. The summed E-state index contributed by atoms with van der Waals surface area (Å²) in [5.41, 5.74) is 2.48. The van der Waals surface area contributed by atoms with Gasteiger partial charge in [0.1, 0.15) is 0 Å². The van der Waals surface area contributed by atoms with Crippen molar-refractivity contribution >= 4 is 0 Å². The van der Waals surface area contributed by atoms with Crippen LogP contribution in [0.25, 0.3) is 0 Å². The minimum absolute atomic E-state index is 0.308. The Morgan fingerprint density at radius 1 is 1.00 bits per heavy atom. The lowest BCUT2D eigenvalue weighted by molar-refractivity contribution is 0.286. The zero-order valence-corrected chi connectivity index (χ0v) is 15.0. The summed E-state index contributed by atoms with van der Waals surface area (Å²) in [5.74, 6) is 1.63. The molecule has 0 fully saturated rings. The lowest BCUT2D eigenvalue weighted by Gasteiger charge is -2.16. The molecule has 0 aliphatic rings. The van der Waals surface area contributed by atoms with Gasteiger partial charge in [-0.3, -0.25) is 0 Å². The third-order valence-electron chi connectivity index (χ3n) is 4.15. The molecular formula is C21H29NO2. The first-order chi connectivity index (χ1) is 11.7. The van der Waals surface area contributed by atoms with E-state index >= 15 is 0 Å². The number of benzene rings is 2. The number of ether oxygens (including phenoxy) is 2. The molecule has 2 aromatic carbocycles. The monoisotopic (exact) mass is 327 g/mol. The lowest BCUT2D eigenvalue weighted by Crippen LogP contribution is -2.18. The van der Waals surface area contributed by atoms with E-state index in [0.29, 0.717) is 6.04 Å². The van der Waals surface area contributed by atoms with E-state index in [-0.39, 0.29) is 0 Å². The Morgan fingerprint density at radius 2 is 1.79 bits per heavy atom. The summed E-state index contributed by atoms with van der Waals surface area (Å²) in [7, 11) is 1.69. The summed E-state index contributed by atoms with van der Waals surface area (Å²) >= 11 is 0. The Bertz CT molecular complexity index is 598. The second-order valence-corrected chi connectivity index (χ2v) is 6.05. The molecule has 0 radical (unpaired) electrons. The molecule has 0 heterocycles. The van der Waals surface area contributed by atoms with E-state index in [9.17, 15) is 0 Å². The number of methoxy groups -OCH3 is 1. The van der Waals surface area contributed by atoms with Crippen LogP contribution in [0.1, 0.15) is 50.3 Å². The Morgan fingerprint density at radius 3 is 2.50 bits per heavy atom. The summed E-state index contributed by atoms with van der Waals surface area (Å²) in [6.07, 6.45) is 3.48. The molecule has 130 valence electrons. The Kier molecular flexibility index (Phi) is 7.63. The fraction of sp³-hybridized carbons (Fsp3) is 0.429. The molecule has 0 aliphatic carbocycles. The average Bonchev–Trinajstić information content (AvgIpc) is 2.64. The van der Waals surface area contributed by atoms with E-state index in [1.807, 2.05) is 12.1 Å². The van der Waals surface area contributed by atoms with Gasteiger partial charge in [0.2, 0.25) is 0 Å². The zero-order valence-electron chi connectivity index (χ0n) is 15.0. The molecular weight excluding hydrogens is 298 g/mol. The van der Waals surface area contributed by atoms with Crippen LogP contribution < -0.4 is 14.8 Å². The van der Waals surface area contributed by atoms with Gasteiger partial charge in [-0.2, -0.15) is 0 Å².